The Labute approximate surface area is 129 Å². The van der Waals surface area contributed by atoms with E-state index < -0.39 is 5.97 Å². The second-order valence-corrected chi connectivity index (χ2v) is 5.38. The van der Waals surface area contributed by atoms with Gasteiger partial charge in [0.2, 0.25) is 5.91 Å². The summed E-state index contributed by atoms with van der Waals surface area (Å²) >= 11 is 0. The molecule has 0 bridgehead atoms. The lowest BCUT2D eigenvalue weighted by Crippen LogP contribution is -2.46. The molecule has 2 rings (SSSR count). The molecule has 1 aromatic carbocycles. The van der Waals surface area contributed by atoms with E-state index in [9.17, 15) is 14.4 Å². The van der Waals surface area contributed by atoms with E-state index in [0.717, 1.165) is 12.8 Å². The number of carbonyl (C=O) groups excluding carboxylic acids is 3. The predicted molar refractivity (Wildman–Crippen MR) is 80.5 cm³/mol. The zero-order valence-corrected chi connectivity index (χ0v) is 12.8. The van der Waals surface area contributed by atoms with E-state index in [4.69, 9.17) is 4.74 Å². The molecule has 0 radical (unpaired) electrons. The first kappa shape index (κ1) is 16.0. The molecule has 0 spiro atoms. The van der Waals surface area contributed by atoms with Gasteiger partial charge >= 0.3 is 5.97 Å². The van der Waals surface area contributed by atoms with E-state index in [1.54, 1.807) is 36.1 Å². The van der Waals surface area contributed by atoms with Gasteiger partial charge in [-0.05, 0) is 31.0 Å². The van der Waals surface area contributed by atoms with Crippen molar-refractivity contribution in [2.24, 2.45) is 0 Å². The van der Waals surface area contributed by atoms with Gasteiger partial charge in [-0.25, -0.2) is 0 Å². The van der Waals surface area contributed by atoms with Crippen LogP contribution in [-0.4, -0.2) is 41.8 Å². The third-order valence-corrected chi connectivity index (χ3v) is 3.63. The van der Waals surface area contributed by atoms with Crippen molar-refractivity contribution in [2.45, 2.75) is 32.7 Å². The molecule has 1 aliphatic heterocycles. The third-order valence-electron chi connectivity index (χ3n) is 3.63. The number of hydrogen-bond donors (Lipinski definition) is 1. The maximum absolute atomic E-state index is 12.2. The summed E-state index contributed by atoms with van der Waals surface area (Å²) in [6.07, 6.45) is 1.49. The van der Waals surface area contributed by atoms with Crippen molar-refractivity contribution >= 4 is 17.8 Å². The first-order chi connectivity index (χ1) is 10.5. The van der Waals surface area contributed by atoms with E-state index in [0.29, 0.717) is 24.4 Å². The number of nitrogens with one attached hydrogen (secondary N) is 1. The molecule has 1 aromatic rings. The van der Waals surface area contributed by atoms with Crippen molar-refractivity contribution < 1.29 is 19.1 Å². The van der Waals surface area contributed by atoms with Gasteiger partial charge in [0.1, 0.15) is 5.75 Å². The normalized spacial score (nSPS) is 15.3. The standard InChI is InChI=1S/C16H20N2O4/c1-11(19)18-8-6-14(7-9-18)17-16(21)13-4-3-5-15(10-13)22-12(2)20/h3-5,10,14H,6-9H2,1-2H3,(H,17,21). The highest BCUT2D eigenvalue weighted by Crippen LogP contribution is 2.15. The fraction of sp³-hybridized carbons (Fsp3) is 0.438. The lowest BCUT2D eigenvalue weighted by Gasteiger charge is -2.31. The van der Waals surface area contributed by atoms with Gasteiger partial charge in [-0.2, -0.15) is 0 Å². The van der Waals surface area contributed by atoms with Crippen LogP contribution in [0, 0.1) is 0 Å². The number of esters is 1. The predicted octanol–water partition coefficient (Wildman–Crippen LogP) is 1.35. The van der Waals surface area contributed by atoms with Crippen LogP contribution in [0.2, 0.25) is 0 Å². The highest BCUT2D eigenvalue weighted by molar-refractivity contribution is 5.94. The zero-order valence-electron chi connectivity index (χ0n) is 12.8. The molecular weight excluding hydrogens is 284 g/mol. The van der Waals surface area contributed by atoms with Crippen LogP contribution in [0.5, 0.6) is 5.75 Å². The number of carbonyl (C=O) groups is 3. The summed E-state index contributed by atoms with van der Waals surface area (Å²) in [6.45, 7) is 4.19. The number of rotatable bonds is 3. The first-order valence-corrected chi connectivity index (χ1v) is 7.30. The van der Waals surface area contributed by atoms with Gasteiger partial charge < -0.3 is 15.0 Å². The Bertz CT molecular complexity index is 577. The molecule has 2 amide bonds. The van der Waals surface area contributed by atoms with E-state index in [2.05, 4.69) is 5.32 Å². The van der Waals surface area contributed by atoms with Crippen molar-refractivity contribution in [1.82, 2.24) is 10.2 Å². The monoisotopic (exact) mass is 304 g/mol. The molecule has 0 aliphatic carbocycles. The fourth-order valence-corrected chi connectivity index (χ4v) is 2.47. The average Bonchev–Trinajstić information content (AvgIpc) is 2.47. The quantitative estimate of drug-likeness (QED) is 0.675. The number of nitrogens with zero attached hydrogens (tertiary/aromatic N) is 1. The molecule has 1 heterocycles. The summed E-state index contributed by atoms with van der Waals surface area (Å²) in [7, 11) is 0. The molecule has 118 valence electrons. The Balaban J connectivity index is 1.92. The third kappa shape index (κ3) is 4.31. The maximum atomic E-state index is 12.2. The van der Waals surface area contributed by atoms with Crippen LogP contribution in [0.4, 0.5) is 0 Å². The topological polar surface area (TPSA) is 75.7 Å². The van der Waals surface area contributed by atoms with Gasteiger partial charge in [0.25, 0.3) is 5.91 Å². The van der Waals surface area contributed by atoms with Gasteiger partial charge in [-0.3, -0.25) is 14.4 Å². The summed E-state index contributed by atoms with van der Waals surface area (Å²) in [5, 5.41) is 2.96. The van der Waals surface area contributed by atoms with Gasteiger partial charge in [-0.1, -0.05) is 6.07 Å². The molecule has 1 N–H and O–H groups in total. The lowest BCUT2D eigenvalue weighted by atomic mass is 10.0. The number of piperidine rings is 1. The minimum Gasteiger partial charge on any atom is -0.427 e. The minimum absolute atomic E-state index is 0.0560. The largest absolute Gasteiger partial charge is 0.427 e. The Morgan fingerprint density at radius 3 is 2.45 bits per heavy atom. The summed E-state index contributed by atoms with van der Waals surface area (Å²) < 4.78 is 4.97. The Hall–Kier alpha value is -2.37. The number of likely N-dealkylation sites (tertiary alicyclic amines) is 1. The van der Waals surface area contributed by atoms with Gasteiger partial charge in [-0.15, -0.1) is 0 Å². The number of hydrogen-bond acceptors (Lipinski definition) is 4. The Morgan fingerprint density at radius 2 is 1.86 bits per heavy atom. The molecule has 0 atom stereocenters. The summed E-state index contributed by atoms with van der Waals surface area (Å²) in [5.74, 6) is -0.199. The van der Waals surface area contributed by atoms with Gasteiger partial charge in [0.15, 0.2) is 0 Å². The first-order valence-electron chi connectivity index (χ1n) is 7.30. The number of benzene rings is 1. The molecule has 6 nitrogen and oxygen atoms in total. The smallest absolute Gasteiger partial charge is 0.308 e. The lowest BCUT2D eigenvalue weighted by molar-refractivity contribution is -0.132. The number of amides is 2. The molecule has 1 fully saturated rings. The maximum Gasteiger partial charge on any atom is 0.308 e. The molecule has 1 aliphatic rings. The van der Waals surface area contributed by atoms with Crippen molar-refractivity contribution in [2.75, 3.05) is 13.1 Å². The summed E-state index contributed by atoms with van der Waals surface area (Å²) in [4.78, 5) is 36.2. The van der Waals surface area contributed by atoms with Crippen LogP contribution >= 0.6 is 0 Å². The Kier molecular flexibility index (Phi) is 5.14. The van der Waals surface area contributed by atoms with Crippen molar-refractivity contribution in [3.05, 3.63) is 29.8 Å². The van der Waals surface area contributed by atoms with Crippen LogP contribution in [-0.2, 0) is 9.59 Å². The molecule has 1 saturated heterocycles. The second-order valence-electron chi connectivity index (χ2n) is 5.38. The molecule has 6 heteroatoms. The van der Waals surface area contributed by atoms with Crippen molar-refractivity contribution in [3.8, 4) is 5.75 Å². The van der Waals surface area contributed by atoms with E-state index in [1.165, 1.54) is 6.92 Å². The Morgan fingerprint density at radius 1 is 1.18 bits per heavy atom. The van der Waals surface area contributed by atoms with E-state index in [-0.39, 0.29) is 17.9 Å². The van der Waals surface area contributed by atoms with Crippen LogP contribution < -0.4 is 10.1 Å². The van der Waals surface area contributed by atoms with Gasteiger partial charge in [0.05, 0.1) is 0 Å². The minimum atomic E-state index is -0.422. The molecular formula is C16H20N2O4. The summed E-state index contributed by atoms with van der Waals surface area (Å²) in [6, 6.07) is 6.57. The van der Waals surface area contributed by atoms with E-state index >= 15 is 0 Å². The highest BCUT2D eigenvalue weighted by atomic mass is 16.5. The fourth-order valence-electron chi connectivity index (χ4n) is 2.47. The highest BCUT2D eigenvalue weighted by Gasteiger charge is 2.22. The zero-order chi connectivity index (χ0) is 16.1. The molecule has 22 heavy (non-hydrogen) atoms. The summed E-state index contributed by atoms with van der Waals surface area (Å²) in [5.41, 5.74) is 0.452. The molecule has 0 saturated carbocycles. The van der Waals surface area contributed by atoms with Crippen LogP contribution in [0.25, 0.3) is 0 Å². The number of ether oxygens (including phenoxy) is 1. The van der Waals surface area contributed by atoms with E-state index in [1.807, 2.05) is 0 Å². The second kappa shape index (κ2) is 7.06. The van der Waals surface area contributed by atoms with Crippen LogP contribution in [0.3, 0.4) is 0 Å². The van der Waals surface area contributed by atoms with Gasteiger partial charge in [0, 0.05) is 38.5 Å². The van der Waals surface area contributed by atoms with Crippen LogP contribution in [0.1, 0.15) is 37.0 Å². The average molecular weight is 304 g/mol. The van der Waals surface area contributed by atoms with Crippen LogP contribution in [0.15, 0.2) is 24.3 Å². The molecule has 0 aromatic heterocycles. The van der Waals surface area contributed by atoms with Crippen molar-refractivity contribution in [1.29, 1.82) is 0 Å². The molecule has 0 unspecified atom stereocenters. The van der Waals surface area contributed by atoms with Crippen molar-refractivity contribution in [3.63, 3.8) is 0 Å². The SMILES string of the molecule is CC(=O)Oc1cccc(C(=O)NC2CCN(C(C)=O)CC2)c1.